The van der Waals surface area contributed by atoms with Gasteiger partial charge < -0.3 is 10.3 Å². The van der Waals surface area contributed by atoms with Crippen molar-refractivity contribution >= 4 is 5.91 Å². The summed E-state index contributed by atoms with van der Waals surface area (Å²) in [6.07, 6.45) is 9.58. The molecule has 2 bridgehead atoms. The molecule has 4 heteroatoms. The Labute approximate surface area is 101 Å². The zero-order chi connectivity index (χ0) is 11.7. The van der Waals surface area contributed by atoms with Crippen molar-refractivity contribution in [2.24, 2.45) is 17.8 Å². The third-order valence-electron chi connectivity index (χ3n) is 4.34. The van der Waals surface area contributed by atoms with Gasteiger partial charge >= 0.3 is 0 Å². The summed E-state index contributed by atoms with van der Waals surface area (Å²) < 4.78 is 0. The van der Waals surface area contributed by atoms with Gasteiger partial charge in [-0.25, -0.2) is 4.98 Å². The van der Waals surface area contributed by atoms with Crippen molar-refractivity contribution in [3.8, 4) is 0 Å². The first-order chi connectivity index (χ1) is 8.31. The largest absolute Gasteiger partial charge is 0.349 e. The van der Waals surface area contributed by atoms with Crippen LogP contribution in [0.3, 0.4) is 0 Å². The Kier molecular flexibility index (Phi) is 2.87. The third-order valence-corrected chi connectivity index (χ3v) is 4.34. The Morgan fingerprint density at radius 3 is 3.06 bits per heavy atom. The molecule has 1 heterocycles. The highest BCUT2D eigenvalue weighted by Crippen LogP contribution is 2.49. The number of carbonyl (C=O) groups excluding carboxylic acids is 1. The molecular weight excluding hydrogens is 214 g/mol. The predicted molar refractivity (Wildman–Crippen MR) is 64.0 cm³/mol. The van der Waals surface area contributed by atoms with Gasteiger partial charge in [0.25, 0.3) is 0 Å². The van der Waals surface area contributed by atoms with Crippen molar-refractivity contribution in [1.82, 2.24) is 15.3 Å². The van der Waals surface area contributed by atoms with Crippen LogP contribution < -0.4 is 5.32 Å². The summed E-state index contributed by atoms with van der Waals surface area (Å²) in [4.78, 5) is 18.9. The lowest BCUT2D eigenvalue weighted by Crippen LogP contribution is -2.27. The summed E-state index contributed by atoms with van der Waals surface area (Å²) in [7, 11) is 0. The summed E-state index contributed by atoms with van der Waals surface area (Å²) in [5.74, 6) is 3.40. The molecule has 3 unspecified atom stereocenters. The van der Waals surface area contributed by atoms with E-state index in [9.17, 15) is 4.79 Å². The fourth-order valence-corrected chi connectivity index (χ4v) is 3.51. The zero-order valence-corrected chi connectivity index (χ0v) is 9.98. The SMILES string of the molecule is O=C(CC1CC2CCC1C2)NCc1ncc[nH]1. The zero-order valence-electron chi connectivity index (χ0n) is 9.98. The van der Waals surface area contributed by atoms with Gasteiger partial charge in [0.05, 0.1) is 6.54 Å². The predicted octanol–water partition coefficient (Wildman–Crippen LogP) is 1.85. The highest BCUT2D eigenvalue weighted by atomic mass is 16.1. The maximum Gasteiger partial charge on any atom is 0.220 e. The summed E-state index contributed by atoms with van der Waals surface area (Å²) in [6.45, 7) is 0.520. The molecule has 1 aromatic rings. The summed E-state index contributed by atoms with van der Waals surface area (Å²) in [6, 6.07) is 0. The van der Waals surface area contributed by atoms with E-state index >= 15 is 0 Å². The fourth-order valence-electron chi connectivity index (χ4n) is 3.51. The van der Waals surface area contributed by atoms with E-state index in [0.29, 0.717) is 18.9 Å². The molecular formula is C13H19N3O. The number of aromatic nitrogens is 2. The Bertz CT molecular complexity index is 387. The minimum Gasteiger partial charge on any atom is -0.349 e. The van der Waals surface area contributed by atoms with E-state index in [4.69, 9.17) is 0 Å². The molecule has 3 atom stereocenters. The number of hydrogen-bond donors (Lipinski definition) is 2. The van der Waals surface area contributed by atoms with Crippen molar-refractivity contribution in [3.63, 3.8) is 0 Å². The Hall–Kier alpha value is -1.32. The molecule has 0 saturated heterocycles. The maximum atomic E-state index is 11.8. The Morgan fingerprint density at radius 2 is 2.41 bits per heavy atom. The number of H-pyrrole nitrogens is 1. The van der Waals surface area contributed by atoms with Crippen LogP contribution in [0.15, 0.2) is 12.4 Å². The van der Waals surface area contributed by atoms with Crippen molar-refractivity contribution in [3.05, 3.63) is 18.2 Å². The monoisotopic (exact) mass is 233 g/mol. The molecule has 1 amide bonds. The Balaban J connectivity index is 1.44. The number of imidazole rings is 1. The number of aromatic amines is 1. The number of amides is 1. The Morgan fingerprint density at radius 1 is 1.47 bits per heavy atom. The molecule has 17 heavy (non-hydrogen) atoms. The van der Waals surface area contributed by atoms with E-state index < -0.39 is 0 Å². The highest BCUT2D eigenvalue weighted by molar-refractivity contribution is 5.76. The van der Waals surface area contributed by atoms with E-state index in [1.165, 1.54) is 25.7 Å². The molecule has 2 aliphatic rings. The van der Waals surface area contributed by atoms with Gasteiger partial charge in [-0.05, 0) is 37.0 Å². The summed E-state index contributed by atoms with van der Waals surface area (Å²) >= 11 is 0. The number of hydrogen-bond acceptors (Lipinski definition) is 2. The normalized spacial score (nSPS) is 30.7. The third kappa shape index (κ3) is 2.35. The molecule has 2 N–H and O–H groups in total. The van der Waals surface area contributed by atoms with Crippen LogP contribution in [-0.2, 0) is 11.3 Å². The standard InChI is InChI=1S/C13H19N3O/c17-13(16-8-12-14-3-4-15-12)7-11-6-9-1-2-10(11)5-9/h3-4,9-11H,1-2,5-8H2,(H,14,15)(H,16,17). The van der Waals surface area contributed by atoms with E-state index in [1.54, 1.807) is 12.4 Å². The lowest BCUT2D eigenvalue weighted by atomic mass is 9.86. The second kappa shape index (κ2) is 4.51. The van der Waals surface area contributed by atoms with Gasteiger partial charge in [-0.2, -0.15) is 0 Å². The molecule has 92 valence electrons. The van der Waals surface area contributed by atoms with Gasteiger partial charge in [-0.1, -0.05) is 6.42 Å². The average molecular weight is 233 g/mol. The van der Waals surface area contributed by atoms with Gasteiger partial charge in [0.1, 0.15) is 5.82 Å². The average Bonchev–Trinajstić information content (AvgIpc) is 3.03. The van der Waals surface area contributed by atoms with Gasteiger partial charge in [0, 0.05) is 18.8 Å². The molecule has 0 spiro atoms. The molecule has 3 rings (SSSR count). The number of carbonyl (C=O) groups is 1. The van der Waals surface area contributed by atoms with E-state index in [1.807, 2.05) is 0 Å². The molecule has 0 radical (unpaired) electrons. The van der Waals surface area contributed by atoms with Gasteiger partial charge in [0.15, 0.2) is 0 Å². The second-order valence-electron chi connectivity index (χ2n) is 5.45. The second-order valence-corrected chi connectivity index (χ2v) is 5.45. The summed E-state index contributed by atoms with van der Waals surface area (Å²) in [5.41, 5.74) is 0. The van der Waals surface area contributed by atoms with Crippen molar-refractivity contribution in [2.75, 3.05) is 0 Å². The van der Waals surface area contributed by atoms with Crippen LogP contribution in [-0.4, -0.2) is 15.9 Å². The lowest BCUT2D eigenvalue weighted by Gasteiger charge is -2.20. The molecule has 4 nitrogen and oxygen atoms in total. The fraction of sp³-hybridized carbons (Fsp3) is 0.692. The number of fused-ring (bicyclic) bond motifs is 2. The number of rotatable bonds is 4. The van der Waals surface area contributed by atoms with Crippen molar-refractivity contribution in [1.29, 1.82) is 0 Å². The van der Waals surface area contributed by atoms with Gasteiger partial charge in [-0.3, -0.25) is 4.79 Å². The van der Waals surface area contributed by atoms with Crippen molar-refractivity contribution < 1.29 is 4.79 Å². The summed E-state index contributed by atoms with van der Waals surface area (Å²) in [5, 5.41) is 2.94. The van der Waals surface area contributed by atoms with Crippen molar-refractivity contribution in [2.45, 2.75) is 38.6 Å². The number of nitrogens with zero attached hydrogens (tertiary/aromatic N) is 1. The van der Waals surface area contributed by atoms with Crippen LogP contribution in [0.5, 0.6) is 0 Å². The number of nitrogens with one attached hydrogen (secondary N) is 2. The first kappa shape index (κ1) is 10.8. The van der Waals surface area contributed by atoms with E-state index in [-0.39, 0.29) is 5.91 Å². The van der Waals surface area contributed by atoms with Crippen LogP contribution in [0.25, 0.3) is 0 Å². The molecule has 0 aromatic carbocycles. The molecule has 2 saturated carbocycles. The topological polar surface area (TPSA) is 57.8 Å². The lowest BCUT2D eigenvalue weighted by molar-refractivity contribution is -0.122. The maximum absolute atomic E-state index is 11.8. The van der Waals surface area contributed by atoms with Crippen LogP contribution in [0.1, 0.15) is 37.9 Å². The van der Waals surface area contributed by atoms with E-state index in [0.717, 1.165) is 17.7 Å². The minimum absolute atomic E-state index is 0.180. The van der Waals surface area contributed by atoms with Crippen LogP contribution in [0.2, 0.25) is 0 Å². The smallest absolute Gasteiger partial charge is 0.220 e. The molecule has 2 fully saturated rings. The molecule has 1 aromatic heterocycles. The first-order valence-corrected chi connectivity index (χ1v) is 6.56. The first-order valence-electron chi connectivity index (χ1n) is 6.56. The van der Waals surface area contributed by atoms with Crippen LogP contribution >= 0.6 is 0 Å². The molecule has 0 aliphatic heterocycles. The van der Waals surface area contributed by atoms with Gasteiger partial charge in [0.2, 0.25) is 5.91 Å². The highest BCUT2D eigenvalue weighted by Gasteiger charge is 2.39. The van der Waals surface area contributed by atoms with Crippen LogP contribution in [0, 0.1) is 17.8 Å². The quantitative estimate of drug-likeness (QED) is 0.834. The minimum atomic E-state index is 0.180. The van der Waals surface area contributed by atoms with Crippen LogP contribution in [0.4, 0.5) is 0 Å². The van der Waals surface area contributed by atoms with E-state index in [2.05, 4.69) is 15.3 Å². The molecule has 2 aliphatic carbocycles. The van der Waals surface area contributed by atoms with Gasteiger partial charge in [-0.15, -0.1) is 0 Å².